The number of hydrogen-bond acceptors (Lipinski definition) is 5. The van der Waals surface area contributed by atoms with E-state index in [-0.39, 0.29) is 34.2 Å². The number of aromatic nitrogens is 1. The maximum atomic E-state index is 14.2. The molecule has 3 aromatic rings. The summed E-state index contributed by atoms with van der Waals surface area (Å²) in [5.41, 5.74) is 1.21. The van der Waals surface area contributed by atoms with E-state index in [9.17, 15) is 9.18 Å². The number of halogens is 2. The first-order valence-corrected chi connectivity index (χ1v) is 7.96. The van der Waals surface area contributed by atoms with E-state index in [2.05, 4.69) is 5.16 Å². The fourth-order valence-corrected chi connectivity index (χ4v) is 2.66. The van der Waals surface area contributed by atoms with Crippen LogP contribution in [0.1, 0.15) is 27.2 Å². The molecule has 0 N–H and O–H groups in total. The third-order valence-corrected chi connectivity index (χ3v) is 4.03. The Balaban J connectivity index is 1.86. The van der Waals surface area contributed by atoms with Crippen LogP contribution >= 0.6 is 11.6 Å². The molecule has 5 nitrogen and oxygen atoms in total. The Morgan fingerprint density at radius 1 is 1.31 bits per heavy atom. The predicted octanol–water partition coefficient (Wildman–Crippen LogP) is 4.67. The number of esters is 1. The van der Waals surface area contributed by atoms with E-state index >= 15 is 0 Å². The molecule has 0 bridgehead atoms. The highest BCUT2D eigenvalue weighted by molar-refractivity contribution is 6.33. The van der Waals surface area contributed by atoms with Crippen molar-refractivity contribution in [2.75, 3.05) is 0 Å². The molecule has 1 aromatic heterocycles. The number of carbonyl (C=O) groups excluding carboxylic acids is 1. The molecular formula is C19H12ClFN2O3. The van der Waals surface area contributed by atoms with Gasteiger partial charge in [-0.2, -0.15) is 5.26 Å². The molecule has 0 aliphatic carbocycles. The highest BCUT2D eigenvalue weighted by atomic mass is 35.5. The average molecular weight is 371 g/mol. The minimum absolute atomic E-state index is 0.00423. The predicted molar refractivity (Wildman–Crippen MR) is 91.9 cm³/mol. The molecule has 0 aliphatic rings. The number of ether oxygens (including phenoxy) is 1. The third kappa shape index (κ3) is 3.44. The van der Waals surface area contributed by atoms with Crippen LogP contribution in [0, 0.1) is 24.1 Å². The molecule has 1 heterocycles. The number of nitrogens with zero attached hydrogens (tertiary/aromatic N) is 2. The lowest BCUT2D eigenvalue weighted by Gasteiger charge is -2.07. The monoisotopic (exact) mass is 370 g/mol. The van der Waals surface area contributed by atoms with E-state index in [0.29, 0.717) is 11.1 Å². The van der Waals surface area contributed by atoms with Gasteiger partial charge in [0.05, 0.1) is 22.2 Å². The second-order valence-corrected chi connectivity index (χ2v) is 5.85. The summed E-state index contributed by atoms with van der Waals surface area (Å²) in [5, 5.41) is 12.7. The molecule has 0 atom stereocenters. The Morgan fingerprint density at radius 3 is 2.69 bits per heavy atom. The third-order valence-electron chi connectivity index (χ3n) is 3.72. The van der Waals surface area contributed by atoms with Gasteiger partial charge in [0.2, 0.25) is 0 Å². The topological polar surface area (TPSA) is 76.1 Å². The number of benzene rings is 2. The van der Waals surface area contributed by atoms with E-state index in [4.69, 9.17) is 26.1 Å². The average Bonchev–Trinajstić information content (AvgIpc) is 3.01. The minimum Gasteiger partial charge on any atom is -0.457 e. The van der Waals surface area contributed by atoms with Crippen molar-refractivity contribution in [3.63, 3.8) is 0 Å². The van der Waals surface area contributed by atoms with Crippen molar-refractivity contribution in [2.45, 2.75) is 13.5 Å². The van der Waals surface area contributed by atoms with Gasteiger partial charge in [-0.15, -0.1) is 0 Å². The minimum atomic E-state index is -0.706. The summed E-state index contributed by atoms with van der Waals surface area (Å²) in [6, 6.07) is 12.8. The van der Waals surface area contributed by atoms with Crippen molar-refractivity contribution in [2.24, 2.45) is 0 Å². The summed E-state index contributed by atoms with van der Waals surface area (Å²) in [6.45, 7) is 1.52. The van der Waals surface area contributed by atoms with Gasteiger partial charge in [-0.25, -0.2) is 9.18 Å². The lowest BCUT2D eigenvalue weighted by molar-refractivity contribution is 0.0471. The molecule has 26 heavy (non-hydrogen) atoms. The maximum Gasteiger partial charge on any atom is 0.344 e. The molecule has 3 rings (SSSR count). The summed E-state index contributed by atoms with van der Waals surface area (Å²) >= 11 is 6.05. The van der Waals surface area contributed by atoms with E-state index in [1.165, 1.54) is 25.1 Å². The van der Waals surface area contributed by atoms with E-state index in [1.807, 2.05) is 6.07 Å². The number of nitriles is 1. The van der Waals surface area contributed by atoms with Crippen molar-refractivity contribution in [1.82, 2.24) is 5.16 Å². The fourth-order valence-electron chi connectivity index (χ4n) is 2.40. The van der Waals surface area contributed by atoms with Crippen LogP contribution in [0.2, 0.25) is 5.02 Å². The maximum absolute atomic E-state index is 14.2. The highest BCUT2D eigenvalue weighted by Gasteiger charge is 2.26. The molecular weight excluding hydrogens is 359 g/mol. The molecule has 0 fully saturated rings. The molecule has 0 saturated heterocycles. The SMILES string of the molecule is Cc1onc(-c2c(F)cccc2Cl)c1C(=O)OCc1ccc(C#N)cc1. The van der Waals surface area contributed by atoms with Crippen molar-refractivity contribution in [3.05, 3.63) is 75.8 Å². The van der Waals surface area contributed by atoms with Gasteiger partial charge in [0, 0.05) is 0 Å². The molecule has 0 unspecified atom stereocenters. The zero-order chi connectivity index (χ0) is 18.7. The van der Waals surface area contributed by atoms with E-state index < -0.39 is 11.8 Å². The molecule has 0 amide bonds. The van der Waals surface area contributed by atoms with Crippen LogP contribution < -0.4 is 0 Å². The van der Waals surface area contributed by atoms with Gasteiger partial charge in [-0.1, -0.05) is 35.0 Å². The lowest BCUT2D eigenvalue weighted by Crippen LogP contribution is -2.08. The highest BCUT2D eigenvalue weighted by Crippen LogP contribution is 2.33. The molecule has 2 aromatic carbocycles. The van der Waals surface area contributed by atoms with Crippen LogP contribution in [0.3, 0.4) is 0 Å². The van der Waals surface area contributed by atoms with E-state index in [0.717, 1.165) is 0 Å². The van der Waals surface area contributed by atoms with Crippen LogP contribution in [0.25, 0.3) is 11.3 Å². The zero-order valence-corrected chi connectivity index (χ0v) is 14.4. The van der Waals surface area contributed by atoms with Crippen LogP contribution in [0.15, 0.2) is 47.0 Å². The normalized spacial score (nSPS) is 10.4. The largest absolute Gasteiger partial charge is 0.457 e. The number of hydrogen-bond donors (Lipinski definition) is 0. The summed E-state index contributed by atoms with van der Waals surface area (Å²) in [4.78, 5) is 12.5. The Labute approximate surface area is 153 Å². The Bertz CT molecular complexity index is 986. The van der Waals surface area contributed by atoms with Crippen molar-refractivity contribution in [3.8, 4) is 17.3 Å². The smallest absolute Gasteiger partial charge is 0.344 e. The Kier molecular flexibility index (Phi) is 5.01. The van der Waals surface area contributed by atoms with Crippen LogP contribution in [0.5, 0.6) is 0 Å². The first-order valence-electron chi connectivity index (χ1n) is 7.58. The summed E-state index contributed by atoms with van der Waals surface area (Å²) in [6.07, 6.45) is 0. The van der Waals surface area contributed by atoms with Crippen LogP contribution in [0.4, 0.5) is 4.39 Å². The van der Waals surface area contributed by atoms with Crippen molar-refractivity contribution in [1.29, 1.82) is 5.26 Å². The van der Waals surface area contributed by atoms with Gasteiger partial charge >= 0.3 is 5.97 Å². The standard InChI is InChI=1S/C19H12ClFN2O3/c1-11-16(18(23-26-11)17-14(20)3-2-4-15(17)21)19(24)25-10-13-7-5-12(9-22)6-8-13/h2-8H,10H2,1H3. The van der Waals surface area contributed by atoms with Crippen molar-refractivity contribution < 1.29 is 18.4 Å². The van der Waals surface area contributed by atoms with E-state index in [1.54, 1.807) is 24.3 Å². The second-order valence-electron chi connectivity index (χ2n) is 5.44. The summed E-state index contributed by atoms with van der Waals surface area (Å²) in [7, 11) is 0. The van der Waals surface area contributed by atoms with Gasteiger partial charge in [0.1, 0.15) is 29.4 Å². The van der Waals surface area contributed by atoms with Gasteiger partial charge in [-0.3, -0.25) is 0 Å². The molecule has 7 heteroatoms. The molecule has 0 spiro atoms. The second kappa shape index (κ2) is 7.38. The van der Waals surface area contributed by atoms with Gasteiger partial charge < -0.3 is 9.26 Å². The zero-order valence-electron chi connectivity index (χ0n) is 13.6. The van der Waals surface area contributed by atoms with Gasteiger partial charge in [-0.05, 0) is 36.8 Å². The Morgan fingerprint density at radius 2 is 2.04 bits per heavy atom. The first kappa shape index (κ1) is 17.6. The first-order chi connectivity index (χ1) is 12.5. The molecule has 0 aliphatic heterocycles. The van der Waals surface area contributed by atoms with Crippen molar-refractivity contribution >= 4 is 17.6 Å². The van der Waals surface area contributed by atoms with Gasteiger partial charge in [0.25, 0.3) is 0 Å². The fraction of sp³-hybridized carbons (Fsp3) is 0.105. The quantitative estimate of drug-likeness (QED) is 0.624. The number of rotatable bonds is 4. The molecule has 0 saturated carbocycles. The van der Waals surface area contributed by atoms with Crippen LogP contribution in [-0.2, 0) is 11.3 Å². The summed E-state index contributed by atoms with van der Waals surface area (Å²) in [5.74, 6) is -1.13. The number of aryl methyl sites for hydroxylation is 1. The lowest BCUT2D eigenvalue weighted by atomic mass is 10.1. The summed E-state index contributed by atoms with van der Waals surface area (Å²) < 4.78 is 24.5. The Hall–Kier alpha value is -3.17. The van der Waals surface area contributed by atoms with Crippen LogP contribution in [-0.4, -0.2) is 11.1 Å². The molecule has 130 valence electrons. The van der Waals surface area contributed by atoms with Gasteiger partial charge in [0.15, 0.2) is 0 Å². The molecule has 0 radical (unpaired) electrons. The number of carbonyl (C=O) groups is 1.